The van der Waals surface area contributed by atoms with E-state index in [1.54, 1.807) is 0 Å². The van der Waals surface area contributed by atoms with Gasteiger partial charge >= 0.3 is 0 Å². The molecule has 0 unspecified atom stereocenters. The van der Waals surface area contributed by atoms with Crippen molar-refractivity contribution in [1.29, 1.82) is 0 Å². The Morgan fingerprint density at radius 1 is 1.80 bits per heavy atom. The first kappa shape index (κ1) is 9.15. The molecule has 0 heterocycles. The standard InChI is InChI=1S/C2H6O2.W/c1-4-2-3;/h3H,2H2,1H3;. The van der Waals surface area contributed by atoms with Crippen LogP contribution in [0.1, 0.15) is 0 Å². The summed E-state index contributed by atoms with van der Waals surface area (Å²) in [5.41, 5.74) is 0. The Kier molecular flexibility index (Phi) is 16.1. The summed E-state index contributed by atoms with van der Waals surface area (Å²) in [7, 11) is 1.43. The van der Waals surface area contributed by atoms with Gasteiger partial charge in [0.1, 0.15) is 6.79 Å². The van der Waals surface area contributed by atoms with Crippen LogP contribution < -0.4 is 0 Å². The molecule has 0 fully saturated rings. The van der Waals surface area contributed by atoms with Gasteiger partial charge in [-0.3, -0.25) is 0 Å². The van der Waals surface area contributed by atoms with Gasteiger partial charge in [0.25, 0.3) is 0 Å². The molecule has 0 saturated carbocycles. The van der Waals surface area contributed by atoms with Gasteiger partial charge in [0.2, 0.25) is 0 Å². The van der Waals surface area contributed by atoms with Crippen molar-refractivity contribution in [3.05, 3.63) is 0 Å². The maximum absolute atomic E-state index is 7.65. The van der Waals surface area contributed by atoms with E-state index >= 15 is 0 Å². The molecule has 0 radical (unpaired) electrons. The van der Waals surface area contributed by atoms with Crippen LogP contribution in [0.2, 0.25) is 0 Å². The molecule has 5 heavy (non-hydrogen) atoms. The van der Waals surface area contributed by atoms with Gasteiger partial charge in [0.15, 0.2) is 0 Å². The summed E-state index contributed by atoms with van der Waals surface area (Å²) in [5, 5.41) is 7.65. The molecule has 0 saturated heterocycles. The summed E-state index contributed by atoms with van der Waals surface area (Å²) in [6.07, 6.45) is 0. The summed E-state index contributed by atoms with van der Waals surface area (Å²) < 4.78 is 4.10. The quantitative estimate of drug-likeness (QED) is 0.636. The van der Waals surface area contributed by atoms with Gasteiger partial charge in [0, 0.05) is 28.2 Å². The SMILES string of the molecule is COCO.[W]. The minimum atomic E-state index is -0.181. The van der Waals surface area contributed by atoms with Gasteiger partial charge in [0.05, 0.1) is 0 Å². The molecule has 0 aromatic rings. The Bertz CT molecular complexity index is 9.61. The summed E-state index contributed by atoms with van der Waals surface area (Å²) in [6, 6.07) is 0. The van der Waals surface area contributed by atoms with Crippen LogP contribution in [-0.4, -0.2) is 19.0 Å². The summed E-state index contributed by atoms with van der Waals surface area (Å²) >= 11 is 0. The van der Waals surface area contributed by atoms with Crippen molar-refractivity contribution in [3.8, 4) is 0 Å². The number of rotatable bonds is 1. The van der Waals surface area contributed by atoms with Crippen molar-refractivity contribution >= 4 is 0 Å². The van der Waals surface area contributed by atoms with Crippen molar-refractivity contribution in [3.63, 3.8) is 0 Å². The predicted molar refractivity (Wildman–Crippen MR) is 14.1 cm³/mol. The summed E-state index contributed by atoms with van der Waals surface area (Å²) in [4.78, 5) is 0. The van der Waals surface area contributed by atoms with E-state index < -0.39 is 0 Å². The number of aliphatic hydroxyl groups is 1. The fraction of sp³-hybridized carbons (Fsp3) is 1.00. The zero-order valence-corrected chi connectivity index (χ0v) is 5.90. The fourth-order valence-electron chi connectivity index (χ4n) is 0. The Morgan fingerprint density at radius 2 is 2.00 bits per heavy atom. The van der Waals surface area contributed by atoms with Crippen LogP contribution in [0.25, 0.3) is 0 Å². The molecule has 0 aliphatic heterocycles. The predicted octanol–water partition coefficient (Wildman–Crippen LogP) is -0.420. The first-order valence-electron chi connectivity index (χ1n) is 1.01. The van der Waals surface area contributed by atoms with Crippen LogP contribution in [0, 0.1) is 0 Å². The molecule has 0 aromatic heterocycles. The number of methoxy groups -OCH3 is 1. The Morgan fingerprint density at radius 3 is 2.00 bits per heavy atom. The zero-order chi connectivity index (χ0) is 3.41. The van der Waals surface area contributed by atoms with Crippen LogP contribution in [0.15, 0.2) is 0 Å². The topological polar surface area (TPSA) is 29.5 Å². The molecule has 0 aromatic carbocycles. The van der Waals surface area contributed by atoms with Gasteiger partial charge in [-0.25, -0.2) is 0 Å². The molecule has 0 spiro atoms. The largest absolute Gasteiger partial charge is 0.371 e. The van der Waals surface area contributed by atoms with E-state index in [0.29, 0.717) is 0 Å². The first-order valence-corrected chi connectivity index (χ1v) is 1.01. The summed E-state index contributed by atoms with van der Waals surface area (Å²) in [5.74, 6) is 0. The molecule has 0 aliphatic rings. The van der Waals surface area contributed by atoms with Crippen LogP contribution in [0.4, 0.5) is 0 Å². The molecule has 0 atom stereocenters. The van der Waals surface area contributed by atoms with Crippen LogP contribution >= 0.6 is 0 Å². The average molecular weight is 246 g/mol. The van der Waals surface area contributed by atoms with Gasteiger partial charge in [-0.05, 0) is 0 Å². The second-order valence-corrected chi connectivity index (χ2v) is 0.418. The molecule has 1 N–H and O–H groups in total. The van der Waals surface area contributed by atoms with Gasteiger partial charge < -0.3 is 9.84 Å². The van der Waals surface area contributed by atoms with E-state index in [1.807, 2.05) is 0 Å². The van der Waals surface area contributed by atoms with Crippen molar-refractivity contribution in [2.45, 2.75) is 0 Å². The van der Waals surface area contributed by atoms with E-state index in [9.17, 15) is 0 Å². The maximum atomic E-state index is 7.65. The number of hydrogen-bond donors (Lipinski definition) is 1. The molecular weight excluding hydrogens is 240 g/mol. The minimum Gasteiger partial charge on any atom is -0.371 e. The zero-order valence-electron chi connectivity index (χ0n) is 2.97. The van der Waals surface area contributed by atoms with Crippen molar-refractivity contribution < 1.29 is 30.9 Å². The minimum absolute atomic E-state index is 0. The molecule has 32 valence electrons. The number of ether oxygens (including phenoxy) is 1. The smallest absolute Gasteiger partial charge is 0.143 e. The Balaban J connectivity index is 0. The van der Waals surface area contributed by atoms with Crippen LogP contribution in [0.5, 0.6) is 0 Å². The van der Waals surface area contributed by atoms with E-state index in [1.165, 1.54) is 7.11 Å². The average Bonchev–Trinajstić information content (AvgIpc) is 1.37. The molecule has 0 bridgehead atoms. The molecule has 0 aliphatic carbocycles. The molecular formula is C2H6O2W. The Hall–Kier alpha value is 0.608. The number of hydrogen-bond acceptors (Lipinski definition) is 2. The van der Waals surface area contributed by atoms with Crippen molar-refractivity contribution in [2.75, 3.05) is 13.9 Å². The third-order valence-electron chi connectivity index (χ3n) is 0.129. The van der Waals surface area contributed by atoms with Crippen LogP contribution in [-0.2, 0) is 25.8 Å². The van der Waals surface area contributed by atoms with E-state index in [0.717, 1.165) is 0 Å². The monoisotopic (exact) mass is 246 g/mol. The third kappa shape index (κ3) is 12.1. The van der Waals surface area contributed by atoms with E-state index in [4.69, 9.17) is 5.11 Å². The normalized spacial score (nSPS) is 6.00. The van der Waals surface area contributed by atoms with Gasteiger partial charge in [-0.15, -0.1) is 0 Å². The second kappa shape index (κ2) is 8.82. The molecule has 2 nitrogen and oxygen atoms in total. The molecule has 0 amide bonds. The first-order chi connectivity index (χ1) is 1.91. The van der Waals surface area contributed by atoms with Crippen molar-refractivity contribution in [2.24, 2.45) is 0 Å². The van der Waals surface area contributed by atoms with Crippen molar-refractivity contribution in [1.82, 2.24) is 0 Å². The van der Waals surface area contributed by atoms with E-state index in [2.05, 4.69) is 4.74 Å². The maximum Gasteiger partial charge on any atom is 0.143 e. The number of aliphatic hydroxyl groups excluding tert-OH is 1. The van der Waals surface area contributed by atoms with Gasteiger partial charge in [-0.2, -0.15) is 0 Å². The third-order valence-corrected chi connectivity index (χ3v) is 0.129. The fourth-order valence-corrected chi connectivity index (χ4v) is 0. The van der Waals surface area contributed by atoms with Crippen LogP contribution in [0.3, 0.4) is 0 Å². The summed E-state index contributed by atoms with van der Waals surface area (Å²) in [6.45, 7) is -0.181. The van der Waals surface area contributed by atoms with Gasteiger partial charge in [-0.1, -0.05) is 0 Å². The van der Waals surface area contributed by atoms with E-state index in [-0.39, 0.29) is 27.9 Å². The molecule has 3 heteroatoms. The molecule has 0 rings (SSSR count). The Labute approximate surface area is 45.4 Å². The second-order valence-electron chi connectivity index (χ2n) is 0.418.